The summed E-state index contributed by atoms with van der Waals surface area (Å²) < 4.78 is 0. The van der Waals surface area contributed by atoms with Crippen LogP contribution < -0.4 is 10.6 Å². The standard InChI is InChI=1S/C15H16N2O2/c1-10-5-3-8-13(16)14(10)15(19)17(2)11-6-4-7-12(18)9-11/h3-9,18H,16H2,1-2H3. The van der Waals surface area contributed by atoms with E-state index in [0.717, 1.165) is 5.56 Å². The van der Waals surface area contributed by atoms with Crippen LogP contribution in [0.15, 0.2) is 42.5 Å². The second-order valence-corrected chi connectivity index (χ2v) is 4.42. The van der Waals surface area contributed by atoms with Gasteiger partial charge >= 0.3 is 0 Å². The number of nitrogen functional groups attached to an aromatic ring is 1. The molecule has 0 spiro atoms. The number of nitrogens with two attached hydrogens (primary N) is 1. The van der Waals surface area contributed by atoms with Gasteiger partial charge in [-0.2, -0.15) is 0 Å². The van der Waals surface area contributed by atoms with Crippen molar-refractivity contribution in [2.45, 2.75) is 6.92 Å². The van der Waals surface area contributed by atoms with E-state index in [1.165, 1.54) is 11.0 Å². The highest BCUT2D eigenvalue weighted by Gasteiger charge is 2.18. The molecule has 0 heterocycles. The van der Waals surface area contributed by atoms with Crippen LogP contribution in [0.5, 0.6) is 5.75 Å². The average molecular weight is 256 g/mol. The summed E-state index contributed by atoms with van der Waals surface area (Å²) >= 11 is 0. The molecular formula is C15H16N2O2. The van der Waals surface area contributed by atoms with Crippen molar-refractivity contribution in [1.29, 1.82) is 0 Å². The van der Waals surface area contributed by atoms with Gasteiger partial charge in [0.25, 0.3) is 5.91 Å². The number of hydrogen-bond donors (Lipinski definition) is 2. The maximum atomic E-state index is 12.5. The molecule has 0 aliphatic carbocycles. The lowest BCUT2D eigenvalue weighted by Gasteiger charge is -2.19. The van der Waals surface area contributed by atoms with Crippen LogP contribution in [0.25, 0.3) is 0 Å². The highest BCUT2D eigenvalue weighted by Crippen LogP contribution is 2.24. The summed E-state index contributed by atoms with van der Waals surface area (Å²) in [6.07, 6.45) is 0. The Bertz CT molecular complexity index is 603. The van der Waals surface area contributed by atoms with Crippen molar-refractivity contribution in [3.05, 3.63) is 53.6 Å². The van der Waals surface area contributed by atoms with Crippen molar-refractivity contribution in [2.75, 3.05) is 17.7 Å². The summed E-state index contributed by atoms with van der Waals surface area (Å²) in [5, 5.41) is 9.46. The Morgan fingerprint density at radius 1 is 1.21 bits per heavy atom. The van der Waals surface area contributed by atoms with Gasteiger partial charge in [0.1, 0.15) is 5.75 Å². The highest BCUT2D eigenvalue weighted by atomic mass is 16.3. The minimum absolute atomic E-state index is 0.120. The molecule has 2 aromatic rings. The Hall–Kier alpha value is -2.49. The zero-order valence-corrected chi connectivity index (χ0v) is 10.9. The molecule has 0 saturated carbocycles. The predicted molar refractivity (Wildman–Crippen MR) is 76.4 cm³/mol. The van der Waals surface area contributed by atoms with Crippen LogP contribution in [0.3, 0.4) is 0 Å². The van der Waals surface area contributed by atoms with Gasteiger partial charge in [0, 0.05) is 24.5 Å². The summed E-state index contributed by atoms with van der Waals surface area (Å²) in [6.45, 7) is 1.85. The van der Waals surface area contributed by atoms with Crippen LogP contribution >= 0.6 is 0 Å². The van der Waals surface area contributed by atoms with Crippen molar-refractivity contribution in [3.8, 4) is 5.75 Å². The van der Waals surface area contributed by atoms with E-state index >= 15 is 0 Å². The molecule has 0 bridgehead atoms. The van der Waals surface area contributed by atoms with Gasteiger partial charge in [-0.05, 0) is 30.7 Å². The van der Waals surface area contributed by atoms with Crippen molar-refractivity contribution < 1.29 is 9.90 Å². The van der Waals surface area contributed by atoms with Gasteiger partial charge < -0.3 is 15.7 Å². The average Bonchev–Trinajstić information content (AvgIpc) is 2.37. The van der Waals surface area contributed by atoms with Gasteiger partial charge in [-0.1, -0.05) is 18.2 Å². The summed E-state index contributed by atoms with van der Waals surface area (Å²) in [5.74, 6) is -0.0731. The molecule has 2 rings (SSSR count). The molecular weight excluding hydrogens is 240 g/mol. The lowest BCUT2D eigenvalue weighted by Crippen LogP contribution is -2.27. The Morgan fingerprint density at radius 3 is 2.53 bits per heavy atom. The van der Waals surface area contributed by atoms with Crippen molar-refractivity contribution in [2.24, 2.45) is 0 Å². The third kappa shape index (κ3) is 2.52. The zero-order chi connectivity index (χ0) is 14.0. The quantitative estimate of drug-likeness (QED) is 0.811. The molecule has 0 saturated heterocycles. The van der Waals surface area contributed by atoms with Crippen molar-refractivity contribution >= 4 is 17.3 Å². The summed E-state index contributed by atoms with van der Waals surface area (Å²) in [6, 6.07) is 11.9. The Balaban J connectivity index is 2.39. The number of phenolic OH excluding ortho intramolecular Hbond substituents is 1. The number of rotatable bonds is 2. The fourth-order valence-corrected chi connectivity index (χ4v) is 1.97. The van der Waals surface area contributed by atoms with E-state index in [2.05, 4.69) is 0 Å². The number of amides is 1. The van der Waals surface area contributed by atoms with Crippen LogP contribution in [0, 0.1) is 6.92 Å². The van der Waals surface area contributed by atoms with E-state index in [9.17, 15) is 9.90 Å². The first kappa shape index (κ1) is 13.0. The van der Waals surface area contributed by atoms with Crippen LogP contribution in [0.2, 0.25) is 0 Å². The monoisotopic (exact) mass is 256 g/mol. The smallest absolute Gasteiger partial charge is 0.260 e. The van der Waals surface area contributed by atoms with E-state index in [1.807, 2.05) is 19.1 Å². The first-order valence-corrected chi connectivity index (χ1v) is 5.93. The van der Waals surface area contributed by atoms with Crippen molar-refractivity contribution in [3.63, 3.8) is 0 Å². The molecule has 0 aromatic heterocycles. The van der Waals surface area contributed by atoms with Gasteiger partial charge in [0.05, 0.1) is 5.56 Å². The molecule has 0 aliphatic rings. The number of carbonyl (C=O) groups excluding carboxylic acids is 1. The van der Waals surface area contributed by atoms with Gasteiger partial charge in [-0.3, -0.25) is 4.79 Å². The topological polar surface area (TPSA) is 66.6 Å². The molecule has 19 heavy (non-hydrogen) atoms. The molecule has 0 radical (unpaired) electrons. The summed E-state index contributed by atoms with van der Waals surface area (Å²) in [5.41, 5.74) is 8.27. The SMILES string of the molecule is Cc1cccc(N)c1C(=O)N(C)c1cccc(O)c1. The Morgan fingerprint density at radius 2 is 1.89 bits per heavy atom. The number of anilines is 2. The fraction of sp³-hybridized carbons (Fsp3) is 0.133. The maximum Gasteiger partial charge on any atom is 0.260 e. The zero-order valence-electron chi connectivity index (χ0n) is 10.9. The largest absolute Gasteiger partial charge is 0.508 e. The number of aromatic hydroxyl groups is 1. The number of carbonyl (C=O) groups is 1. The van der Waals surface area contributed by atoms with Gasteiger partial charge in [-0.25, -0.2) is 0 Å². The molecule has 4 nitrogen and oxygen atoms in total. The lowest BCUT2D eigenvalue weighted by atomic mass is 10.1. The molecule has 2 aromatic carbocycles. The van der Waals surface area contributed by atoms with Crippen LogP contribution in [0.4, 0.5) is 11.4 Å². The van der Waals surface area contributed by atoms with Gasteiger partial charge in [-0.15, -0.1) is 0 Å². The van der Waals surface area contributed by atoms with E-state index < -0.39 is 0 Å². The van der Waals surface area contributed by atoms with Gasteiger partial charge in [0.15, 0.2) is 0 Å². The second kappa shape index (κ2) is 5.02. The molecule has 98 valence electrons. The minimum atomic E-state index is -0.193. The number of hydrogen-bond acceptors (Lipinski definition) is 3. The van der Waals surface area contributed by atoms with E-state index in [1.54, 1.807) is 31.3 Å². The molecule has 0 aliphatic heterocycles. The third-order valence-electron chi connectivity index (χ3n) is 3.04. The van der Waals surface area contributed by atoms with Crippen LogP contribution in [-0.4, -0.2) is 18.1 Å². The molecule has 0 atom stereocenters. The first-order valence-electron chi connectivity index (χ1n) is 5.93. The maximum absolute atomic E-state index is 12.5. The molecule has 4 heteroatoms. The second-order valence-electron chi connectivity index (χ2n) is 4.42. The molecule has 3 N–H and O–H groups in total. The Labute approximate surface area is 112 Å². The molecule has 0 unspecified atom stereocenters. The lowest BCUT2D eigenvalue weighted by molar-refractivity contribution is 0.0993. The number of nitrogens with zero attached hydrogens (tertiary/aromatic N) is 1. The van der Waals surface area contributed by atoms with E-state index in [0.29, 0.717) is 16.9 Å². The van der Waals surface area contributed by atoms with E-state index in [4.69, 9.17) is 5.73 Å². The number of phenols is 1. The number of benzene rings is 2. The molecule has 1 amide bonds. The van der Waals surface area contributed by atoms with Crippen LogP contribution in [0.1, 0.15) is 15.9 Å². The summed E-state index contributed by atoms with van der Waals surface area (Å²) in [4.78, 5) is 13.9. The van der Waals surface area contributed by atoms with E-state index in [-0.39, 0.29) is 11.7 Å². The first-order chi connectivity index (χ1) is 9.00. The fourth-order valence-electron chi connectivity index (χ4n) is 1.97. The highest BCUT2D eigenvalue weighted by molar-refractivity contribution is 6.10. The number of aryl methyl sites for hydroxylation is 1. The van der Waals surface area contributed by atoms with Crippen LogP contribution in [-0.2, 0) is 0 Å². The normalized spacial score (nSPS) is 10.2. The minimum Gasteiger partial charge on any atom is -0.508 e. The van der Waals surface area contributed by atoms with Gasteiger partial charge in [0.2, 0.25) is 0 Å². The summed E-state index contributed by atoms with van der Waals surface area (Å²) in [7, 11) is 1.66. The predicted octanol–water partition coefficient (Wildman–Crippen LogP) is 2.56. The van der Waals surface area contributed by atoms with Crippen molar-refractivity contribution in [1.82, 2.24) is 0 Å². The third-order valence-corrected chi connectivity index (χ3v) is 3.04. The Kier molecular flexibility index (Phi) is 3.42. The molecule has 0 fully saturated rings.